The van der Waals surface area contributed by atoms with Crippen LogP contribution >= 0.6 is 11.6 Å². The highest BCUT2D eigenvalue weighted by Gasteiger charge is 2.36. The molecule has 1 aromatic rings. The van der Waals surface area contributed by atoms with E-state index >= 15 is 0 Å². The molecule has 2 aliphatic carbocycles. The van der Waals surface area contributed by atoms with E-state index in [2.05, 4.69) is 28.4 Å². The summed E-state index contributed by atoms with van der Waals surface area (Å²) in [5, 5.41) is 4.45. The molecule has 3 heteroatoms. The molecule has 1 aliphatic heterocycles. The number of para-hydroxylation sites is 1. The van der Waals surface area contributed by atoms with E-state index < -0.39 is 0 Å². The first kappa shape index (κ1) is 14.6. The quantitative estimate of drug-likeness (QED) is 0.827. The Kier molecular flexibility index (Phi) is 4.15. The van der Waals surface area contributed by atoms with Gasteiger partial charge in [0.05, 0.1) is 10.7 Å². The first-order valence-corrected chi connectivity index (χ1v) is 9.07. The maximum atomic E-state index is 6.24. The number of anilines is 1. The first-order chi connectivity index (χ1) is 10.8. The van der Waals surface area contributed by atoms with Crippen molar-refractivity contribution in [2.75, 3.05) is 25.0 Å². The van der Waals surface area contributed by atoms with Crippen LogP contribution in [0.15, 0.2) is 36.4 Å². The zero-order valence-electron chi connectivity index (χ0n) is 13.0. The van der Waals surface area contributed by atoms with Gasteiger partial charge < -0.3 is 10.2 Å². The average molecular weight is 317 g/mol. The van der Waals surface area contributed by atoms with Crippen molar-refractivity contribution in [1.29, 1.82) is 0 Å². The Morgan fingerprint density at radius 3 is 2.59 bits per heavy atom. The van der Waals surface area contributed by atoms with Crippen molar-refractivity contribution in [3.8, 4) is 0 Å². The summed E-state index contributed by atoms with van der Waals surface area (Å²) in [4.78, 5) is 2.68. The molecular weight excluding hydrogens is 292 g/mol. The van der Waals surface area contributed by atoms with E-state index in [0.29, 0.717) is 6.04 Å². The number of nitrogens with zero attached hydrogens (tertiary/aromatic N) is 1. The van der Waals surface area contributed by atoms with E-state index in [9.17, 15) is 0 Å². The van der Waals surface area contributed by atoms with E-state index in [4.69, 9.17) is 11.6 Å². The van der Waals surface area contributed by atoms with Gasteiger partial charge in [0.15, 0.2) is 0 Å². The Morgan fingerprint density at radius 1 is 1.09 bits per heavy atom. The average Bonchev–Trinajstić information content (AvgIpc) is 3.14. The van der Waals surface area contributed by atoms with E-state index in [0.717, 1.165) is 28.5 Å². The van der Waals surface area contributed by atoms with Gasteiger partial charge in [0.1, 0.15) is 0 Å². The molecule has 0 radical (unpaired) electrons. The van der Waals surface area contributed by atoms with Gasteiger partial charge in [-0.05, 0) is 55.6 Å². The van der Waals surface area contributed by atoms with Crippen LogP contribution in [0.3, 0.4) is 0 Å². The smallest absolute Gasteiger partial charge is 0.0637 e. The first-order valence-electron chi connectivity index (χ1n) is 8.69. The maximum absolute atomic E-state index is 6.24. The molecule has 3 atom stereocenters. The van der Waals surface area contributed by atoms with Gasteiger partial charge in [-0.2, -0.15) is 0 Å². The monoisotopic (exact) mass is 316 g/mol. The molecule has 118 valence electrons. The van der Waals surface area contributed by atoms with Gasteiger partial charge in [-0.1, -0.05) is 35.9 Å². The highest BCUT2D eigenvalue weighted by atomic mass is 35.5. The fraction of sp³-hybridized carbons (Fsp3) is 0.579. The largest absolute Gasteiger partial charge is 0.381 e. The highest BCUT2D eigenvalue weighted by Crippen LogP contribution is 2.43. The topological polar surface area (TPSA) is 15.3 Å². The van der Waals surface area contributed by atoms with Crippen LogP contribution in [0, 0.1) is 17.8 Å². The number of nitrogens with one attached hydrogen (secondary N) is 1. The van der Waals surface area contributed by atoms with Crippen LogP contribution in [-0.2, 0) is 0 Å². The van der Waals surface area contributed by atoms with Crippen LogP contribution in [0.4, 0.5) is 5.69 Å². The lowest BCUT2D eigenvalue weighted by molar-refractivity contribution is 0.177. The summed E-state index contributed by atoms with van der Waals surface area (Å²) < 4.78 is 0. The fourth-order valence-electron chi connectivity index (χ4n) is 4.49. The number of fused-ring (bicyclic) bond motifs is 2. The van der Waals surface area contributed by atoms with Crippen molar-refractivity contribution in [3.63, 3.8) is 0 Å². The van der Waals surface area contributed by atoms with Gasteiger partial charge in [0.2, 0.25) is 0 Å². The summed E-state index contributed by atoms with van der Waals surface area (Å²) in [5.74, 6) is 2.70. The molecule has 2 fully saturated rings. The van der Waals surface area contributed by atoms with E-state index in [1.807, 2.05) is 18.2 Å². The Balaban J connectivity index is 1.26. The molecule has 1 N–H and O–H groups in total. The summed E-state index contributed by atoms with van der Waals surface area (Å²) in [6.45, 7) is 3.75. The van der Waals surface area contributed by atoms with Crippen LogP contribution in [0.1, 0.15) is 25.7 Å². The Hall–Kier alpha value is -0.990. The standard InChI is InChI=1S/C19H25ClN2/c20-18-3-1-2-4-19(18)21-17-7-9-22(10-8-17)13-16-12-14-5-6-15(16)11-14/h1-6,14-17,21H,7-13H2/t14-,15-,16+/m1/s1. The molecule has 2 nitrogen and oxygen atoms in total. The second-order valence-corrected chi connectivity index (χ2v) is 7.65. The van der Waals surface area contributed by atoms with E-state index in [-0.39, 0.29) is 0 Å². The van der Waals surface area contributed by atoms with Crippen LogP contribution in [0.5, 0.6) is 0 Å². The SMILES string of the molecule is Clc1ccccc1NC1CCN(C[C@@H]2C[C@@H]3C=C[C@@H]2C3)CC1. The van der Waals surface area contributed by atoms with Crippen molar-refractivity contribution in [3.05, 3.63) is 41.4 Å². The molecular formula is C19H25ClN2. The number of likely N-dealkylation sites (tertiary alicyclic amines) is 1. The minimum Gasteiger partial charge on any atom is -0.381 e. The number of halogens is 1. The summed E-state index contributed by atoms with van der Waals surface area (Å²) in [6.07, 6.45) is 10.2. The fourth-order valence-corrected chi connectivity index (χ4v) is 4.68. The third kappa shape index (κ3) is 3.04. The van der Waals surface area contributed by atoms with Crippen LogP contribution < -0.4 is 5.32 Å². The summed E-state index contributed by atoms with van der Waals surface area (Å²) in [5.41, 5.74) is 1.08. The molecule has 1 heterocycles. The Morgan fingerprint density at radius 2 is 1.91 bits per heavy atom. The lowest BCUT2D eigenvalue weighted by Gasteiger charge is -2.35. The minimum atomic E-state index is 0.566. The molecule has 1 saturated heterocycles. The number of piperidine rings is 1. The summed E-state index contributed by atoms with van der Waals surface area (Å²) >= 11 is 6.24. The molecule has 22 heavy (non-hydrogen) atoms. The maximum Gasteiger partial charge on any atom is 0.0637 e. The molecule has 1 saturated carbocycles. The van der Waals surface area contributed by atoms with Crippen molar-refractivity contribution >= 4 is 17.3 Å². The molecule has 4 rings (SSSR count). The van der Waals surface area contributed by atoms with Gasteiger partial charge in [-0.15, -0.1) is 0 Å². The molecule has 3 aliphatic rings. The molecule has 0 spiro atoms. The van der Waals surface area contributed by atoms with Crippen molar-refractivity contribution in [2.45, 2.75) is 31.7 Å². The van der Waals surface area contributed by atoms with E-state index in [1.165, 1.54) is 45.3 Å². The minimum absolute atomic E-state index is 0.566. The third-order valence-electron chi connectivity index (χ3n) is 5.73. The lowest BCUT2D eigenvalue weighted by atomic mass is 9.92. The molecule has 2 bridgehead atoms. The molecule has 0 amide bonds. The van der Waals surface area contributed by atoms with Crippen LogP contribution in [0.2, 0.25) is 5.02 Å². The predicted molar refractivity (Wildman–Crippen MR) is 93.4 cm³/mol. The van der Waals surface area contributed by atoms with Gasteiger partial charge in [0, 0.05) is 25.7 Å². The zero-order chi connectivity index (χ0) is 14.9. The summed E-state index contributed by atoms with van der Waals surface area (Å²) in [7, 11) is 0. The summed E-state index contributed by atoms with van der Waals surface area (Å²) in [6, 6.07) is 8.64. The van der Waals surface area contributed by atoms with E-state index in [1.54, 1.807) is 0 Å². The second kappa shape index (κ2) is 6.25. The highest BCUT2D eigenvalue weighted by molar-refractivity contribution is 6.33. The normalized spacial score (nSPS) is 31.8. The molecule has 0 aromatic heterocycles. The molecule has 1 aromatic carbocycles. The zero-order valence-corrected chi connectivity index (χ0v) is 13.8. The Bertz CT molecular complexity index is 548. The molecule has 0 unspecified atom stereocenters. The van der Waals surface area contributed by atoms with Gasteiger partial charge in [-0.25, -0.2) is 0 Å². The van der Waals surface area contributed by atoms with Gasteiger partial charge in [0.25, 0.3) is 0 Å². The van der Waals surface area contributed by atoms with Crippen molar-refractivity contribution in [1.82, 2.24) is 4.90 Å². The van der Waals surface area contributed by atoms with Crippen molar-refractivity contribution in [2.24, 2.45) is 17.8 Å². The number of hydrogen-bond acceptors (Lipinski definition) is 2. The van der Waals surface area contributed by atoms with Crippen molar-refractivity contribution < 1.29 is 0 Å². The number of rotatable bonds is 4. The third-order valence-corrected chi connectivity index (χ3v) is 6.06. The predicted octanol–water partition coefficient (Wildman–Crippen LogP) is 4.43. The number of hydrogen-bond donors (Lipinski definition) is 1. The second-order valence-electron chi connectivity index (χ2n) is 7.24. The van der Waals surface area contributed by atoms with Gasteiger partial charge >= 0.3 is 0 Å². The van der Waals surface area contributed by atoms with Crippen LogP contribution in [-0.4, -0.2) is 30.6 Å². The number of allylic oxidation sites excluding steroid dienone is 2. The van der Waals surface area contributed by atoms with Gasteiger partial charge in [-0.3, -0.25) is 0 Å². The van der Waals surface area contributed by atoms with Crippen LogP contribution in [0.25, 0.3) is 0 Å². The Labute approximate surface area is 138 Å². The lowest BCUT2D eigenvalue weighted by Crippen LogP contribution is -2.41. The number of benzene rings is 1.